The molecule has 3 fully saturated rings. The van der Waals surface area contributed by atoms with Crippen molar-refractivity contribution in [1.29, 1.82) is 0 Å². The Morgan fingerprint density at radius 1 is 1.28 bits per heavy atom. The van der Waals surface area contributed by atoms with Crippen LogP contribution in [0.1, 0.15) is 32.6 Å². The monoisotopic (exact) mass is 251 g/mol. The maximum Gasteiger partial charge on any atom is 0.240 e. The molecule has 0 saturated carbocycles. The predicted octanol–water partition coefficient (Wildman–Crippen LogP) is 0.587. The summed E-state index contributed by atoms with van der Waals surface area (Å²) in [6, 6.07) is 0.0765. The van der Waals surface area contributed by atoms with Crippen LogP contribution in [0.3, 0.4) is 0 Å². The van der Waals surface area contributed by atoms with Gasteiger partial charge in [-0.1, -0.05) is 6.92 Å². The minimum absolute atomic E-state index is 0.0765. The molecule has 4 nitrogen and oxygen atoms in total. The smallest absolute Gasteiger partial charge is 0.240 e. The van der Waals surface area contributed by atoms with Crippen LogP contribution < -0.4 is 10.6 Å². The zero-order chi connectivity index (χ0) is 12.6. The molecule has 18 heavy (non-hydrogen) atoms. The Kier molecular flexibility index (Phi) is 3.32. The summed E-state index contributed by atoms with van der Waals surface area (Å²) in [5, 5.41) is 6.87. The molecule has 0 aromatic carbocycles. The van der Waals surface area contributed by atoms with E-state index in [1.54, 1.807) is 0 Å². The normalized spacial score (nSPS) is 35.3. The van der Waals surface area contributed by atoms with Crippen molar-refractivity contribution in [3.8, 4) is 0 Å². The van der Waals surface area contributed by atoms with E-state index in [1.807, 2.05) is 0 Å². The molecule has 3 aliphatic rings. The Hall–Kier alpha value is -0.610. The third-order valence-electron chi connectivity index (χ3n) is 4.96. The van der Waals surface area contributed by atoms with E-state index in [9.17, 15) is 4.79 Å². The van der Waals surface area contributed by atoms with Gasteiger partial charge in [0.15, 0.2) is 0 Å². The molecule has 102 valence electrons. The van der Waals surface area contributed by atoms with Gasteiger partial charge in [0.2, 0.25) is 5.91 Å². The van der Waals surface area contributed by atoms with E-state index < -0.39 is 0 Å². The Morgan fingerprint density at radius 3 is 2.78 bits per heavy atom. The number of rotatable bonds is 1. The summed E-state index contributed by atoms with van der Waals surface area (Å²) >= 11 is 0. The highest BCUT2D eigenvalue weighted by molar-refractivity contribution is 5.83. The van der Waals surface area contributed by atoms with Gasteiger partial charge in [-0.25, -0.2) is 0 Å². The Bertz CT molecular complexity index is 317. The molecule has 3 saturated heterocycles. The fraction of sp³-hybridized carbons (Fsp3) is 0.929. The molecule has 3 heterocycles. The summed E-state index contributed by atoms with van der Waals surface area (Å²) in [4.78, 5) is 14.5. The van der Waals surface area contributed by atoms with Gasteiger partial charge >= 0.3 is 0 Å². The molecule has 0 aliphatic carbocycles. The van der Waals surface area contributed by atoms with E-state index in [0.29, 0.717) is 17.2 Å². The van der Waals surface area contributed by atoms with Gasteiger partial charge in [0.25, 0.3) is 0 Å². The summed E-state index contributed by atoms with van der Waals surface area (Å²) in [6.07, 6.45) is 4.94. The molecule has 0 radical (unpaired) electrons. The van der Waals surface area contributed by atoms with E-state index in [2.05, 4.69) is 22.5 Å². The molecule has 1 spiro atoms. The maximum absolute atomic E-state index is 12.5. The highest BCUT2D eigenvalue weighted by Crippen LogP contribution is 2.37. The molecule has 2 atom stereocenters. The van der Waals surface area contributed by atoms with Gasteiger partial charge in [-0.15, -0.1) is 0 Å². The summed E-state index contributed by atoms with van der Waals surface area (Å²) in [7, 11) is 0. The van der Waals surface area contributed by atoms with Gasteiger partial charge in [-0.05, 0) is 44.7 Å². The van der Waals surface area contributed by atoms with Crippen molar-refractivity contribution in [3.63, 3.8) is 0 Å². The minimum Gasteiger partial charge on any atom is -0.340 e. The van der Waals surface area contributed by atoms with Crippen molar-refractivity contribution in [1.82, 2.24) is 15.5 Å². The Balaban J connectivity index is 1.55. The molecule has 0 aromatic rings. The van der Waals surface area contributed by atoms with Crippen molar-refractivity contribution in [2.45, 2.75) is 38.6 Å². The molecule has 0 bridgehead atoms. The lowest BCUT2D eigenvalue weighted by Gasteiger charge is -2.53. The van der Waals surface area contributed by atoms with Crippen LogP contribution in [0.5, 0.6) is 0 Å². The first-order valence-corrected chi connectivity index (χ1v) is 7.43. The second-order valence-electron chi connectivity index (χ2n) is 6.53. The van der Waals surface area contributed by atoms with Crippen LogP contribution in [0.2, 0.25) is 0 Å². The third-order valence-corrected chi connectivity index (χ3v) is 4.96. The number of hydrogen-bond acceptors (Lipinski definition) is 3. The minimum atomic E-state index is 0.0765. The molecule has 3 aliphatic heterocycles. The zero-order valence-corrected chi connectivity index (χ0v) is 11.4. The number of nitrogens with zero attached hydrogens (tertiary/aromatic N) is 1. The van der Waals surface area contributed by atoms with Gasteiger partial charge in [0.05, 0.1) is 6.04 Å². The predicted molar refractivity (Wildman–Crippen MR) is 71.3 cm³/mol. The largest absolute Gasteiger partial charge is 0.340 e. The molecule has 1 amide bonds. The van der Waals surface area contributed by atoms with Crippen LogP contribution in [0.4, 0.5) is 0 Å². The second kappa shape index (κ2) is 4.82. The van der Waals surface area contributed by atoms with E-state index in [-0.39, 0.29) is 6.04 Å². The van der Waals surface area contributed by atoms with E-state index >= 15 is 0 Å². The van der Waals surface area contributed by atoms with Crippen LogP contribution in [-0.4, -0.2) is 49.6 Å². The highest BCUT2D eigenvalue weighted by Gasteiger charge is 2.47. The number of likely N-dealkylation sites (tertiary alicyclic amines) is 1. The molecule has 2 unspecified atom stereocenters. The number of carbonyl (C=O) groups is 1. The first-order valence-electron chi connectivity index (χ1n) is 7.43. The lowest BCUT2D eigenvalue weighted by molar-refractivity contribution is -0.148. The molecular weight excluding hydrogens is 226 g/mol. The van der Waals surface area contributed by atoms with E-state index in [4.69, 9.17) is 0 Å². The third kappa shape index (κ3) is 2.16. The number of nitrogens with one attached hydrogen (secondary N) is 2. The van der Waals surface area contributed by atoms with Crippen LogP contribution >= 0.6 is 0 Å². The van der Waals surface area contributed by atoms with Crippen molar-refractivity contribution in [3.05, 3.63) is 0 Å². The van der Waals surface area contributed by atoms with Gasteiger partial charge < -0.3 is 15.5 Å². The van der Waals surface area contributed by atoms with Crippen molar-refractivity contribution in [2.24, 2.45) is 11.3 Å². The number of amides is 1. The van der Waals surface area contributed by atoms with Crippen LogP contribution in [-0.2, 0) is 4.79 Å². The van der Waals surface area contributed by atoms with Gasteiger partial charge in [0.1, 0.15) is 0 Å². The fourth-order valence-electron chi connectivity index (χ4n) is 3.80. The SMILES string of the molecule is CC1CCCNC1C(=O)N1CC2(CCCNC2)C1. The topological polar surface area (TPSA) is 44.4 Å². The van der Waals surface area contributed by atoms with Crippen LogP contribution in [0.25, 0.3) is 0 Å². The first kappa shape index (κ1) is 12.4. The van der Waals surface area contributed by atoms with E-state index in [1.165, 1.54) is 25.7 Å². The number of carbonyl (C=O) groups excluding carboxylic acids is 1. The summed E-state index contributed by atoms with van der Waals surface area (Å²) < 4.78 is 0. The van der Waals surface area contributed by atoms with Gasteiger partial charge in [0, 0.05) is 25.0 Å². The quantitative estimate of drug-likeness (QED) is 0.717. The standard InChI is InChI=1S/C14H25N3O/c1-11-4-2-7-16-12(11)13(18)17-9-14(10-17)5-3-6-15-8-14/h11-12,15-16H,2-10H2,1H3. The van der Waals surface area contributed by atoms with Crippen LogP contribution in [0.15, 0.2) is 0 Å². The van der Waals surface area contributed by atoms with Crippen molar-refractivity contribution in [2.75, 3.05) is 32.7 Å². The van der Waals surface area contributed by atoms with Crippen LogP contribution in [0, 0.1) is 11.3 Å². The number of piperidine rings is 2. The molecular formula is C14H25N3O. The average Bonchev–Trinajstić information content (AvgIpc) is 2.37. The van der Waals surface area contributed by atoms with E-state index in [0.717, 1.165) is 32.7 Å². The summed E-state index contributed by atoms with van der Waals surface area (Å²) in [6.45, 7) is 7.41. The molecule has 4 heteroatoms. The summed E-state index contributed by atoms with van der Waals surface area (Å²) in [5.74, 6) is 0.839. The lowest BCUT2D eigenvalue weighted by Crippen LogP contribution is -2.67. The summed E-state index contributed by atoms with van der Waals surface area (Å²) in [5.41, 5.74) is 0.409. The zero-order valence-electron chi connectivity index (χ0n) is 11.4. The lowest BCUT2D eigenvalue weighted by atomic mass is 9.73. The van der Waals surface area contributed by atoms with Crippen molar-refractivity contribution >= 4 is 5.91 Å². The van der Waals surface area contributed by atoms with Gasteiger partial charge in [-0.3, -0.25) is 4.79 Å². The fourth-order valence-corrected chi connectivity index (χ4v) is 3.80. The highest BCUT2D eigenvalue weighted by atomic mass is 16.2. The Morgan fingerprint density at radius 2 is 2.11 bits per heavy atom. The number of hydrogen-bond donors (Lipinski definition) is 2. The second-order valence-corrected chi connectivity index (χ2v) is 6.53. The Labute approximate surface area is 109 Å². The molecule has 2 N–H and O–H groups in total. The molecule has 3 rings (SSSR count). The molecule has 0 aromatic heterocycles. The first-order chi connectivity index (χ1) is 8.70. The van der Waals surface area contributed by atoms with Gasteiger partial charge in [-0.2, -0.15) is 0 Å². The van der Waals surface area contributed by atoms with Crippen molar-refractivity contribution < 1.29 is 4.79 Å². The maximum atomic E-state index is 12.5. The average molecular weight is 251 g/mol.